The quantitative estimate of drug-likeness (QED) is 0.0884. The van der Waals surface area contributed by atoms with Crippen molar-refractivity contribution in [1.82, 2.24) is 29.1 Å². The topological polar surface area (TPSA) is 141 Å². The van der Waals surface area contributed by atoms with Crippen LogP contribution < -0.4 is 23.7 Å². The molecule has 1 aliphatic heterocycles. The number of hydrogen-bond acceptors (Lipinski definition) is 13. The van der Waals surface area contributed by atoms with Crippen LogP contribution in [-0.2, 0) is 17.8 Å². The molecule has 1 fully saturated rings. The van der Waals surface area contributed by atoms with Crippen molar-refractivity contribution >= 4 is 39.2 Å². The van der Waals surface area contributed by atoms with E-state index < -0.39 is 31.3 Å². The molecule has 0 saturated carbocycles. The van der Waals surface area contributed by atoms with Gasteiger partial charge in [0.1, 0.15) is 37.1 Å². The molecule has 1 N–H and O–H groups in total. The van der Waals surface area contributed by atoms with E-state index in [9.17, 15) is 23.1 Å². The summed E-state index contributed by atoms with van der Waals surface area (Å²) in [4.78, 5) is 30.5. The number of methoxy groups -OCH3 is 1. The van der Waals surface area contributed by atoms with Crippen LogP contribution in [0.3, 0.4) is 0 Å². The maximum atomic E-state index is 12.9. The highest BCUT2D eigenvalue weighted by Gasteiger charge is 2.29. The summed E-state index contributed by atoms with van der Waals surface area (Å²) < 4.78 is 72.3. The molecule has 13 nitrogen and oxygen atoms in total. The van der Waals surface area contributed by atoms with Crippen LogP contribution in [0.5, 0.6) is 29.1 Å². The van der Waals surface area contributed by atoms with E-state index in [1.807, 2.05) is 43.3 Å². The van der Waals surface area contributed by atoms with Gasteiger partial charge in [-0.1, -0.05) is 48.0 Å². The van der Waals surface area contributed by atoms with Gasteiger partial charge in [-0.05, 0) is 72.5 Å². The van der Waals surface area contributed by atoms with Crippen LogP contribution >= 0.6 is 23.1 Å². The van der Waals surface area contributed by atoms with E-state index >= 15 is 0 Å². The van der Waals surface area contributed by atoms with Gasteiger partial charge >= 0.3 is 18.2 Å². The van der Waals surface area contributed by atoms with E-state index in [-0.39, 0.29) is 24.9 Å². The number of alkyl halides is 3. The fraction of sp³-hybridized carbons (Fsp3) is 0.341. The van der Waals surface area contributed by atoms with Crippen LogP contribution in [0.2, 0.25) is 5.02 Å². The number of ether oxygens (including phenoxy) is 5. The van der Waals surface area contributed by atoms with Gasteiger partial charge < -0.3 is 33.7 Å². The van der Waals surface area contributed by atoms with Crippen molar-refractivity contribution in [3.8, 4) is 51.5 Å². The largest absolute Gasteiger partial charge is 0.497 e. The van der Waals surface area contributed by atoms with Crippen molar-refractivity contribution in [3.63, 3.8) is 0 Å². The third-order valence-corrected chi connectivity index (χ3v) is 11.5. The number of carboxylic acids is 1. The number of likely N-dealkylation sites (N-methyl/N-ethyl adjacent to an activating group) is 1. The molecule has 1 saturated heterocycles. The van der Waals surface area contributed by atoms with E-state index in [0.29, 0.717) is 61.5 Å². The van der Waals surface area contributed by atoms with Crippen molar-refractivity contribution in [3.05, 3.63) is 101 Å². The first-order valence-corrected chi connectivity index (χ1v) is 20.9. The average Bonchev–Trinajstić information content (AvgIpc) is 3.67. The summed E-state index contributed by atoms with van der Waals surface area (Å²) in [5.74, 6) is 0.379. The van der Waals surface area contributed by atoms with E-state index in [2.05, 4.69) is 31.2 Å². The van der Waals surface area contributed by atoms with Gasteiger partial charge in [-0.15, -0.1) is 0 Å². The molecule has 326 valence electrons. The van der Waals surface area contributed by atoms with Gasteiger partial charge in [-0.3, -0.25) is 9.88 Å². The van der Waals surface area contributed by atoms with Gasteiger partial charge in [0.05, 0.1) is 40.0 Å². The van der Waals surface area contributed by atoms with Crippen molar-refractivity contribution in [1.29, 1.82) is 0 Å². The van der Waals surface area contributed by atoms with Crippen LogP contribution in [0.1, 0.15) is 23.2 Å². The SMILES string of the molecule is COc1cccc(-c2ncc3snc(OC(Cc4ccccc4OCc4ccnc(OCCC(F)(F)F)n4)C(=O)O)c3c2-c2ccc(OCCN3CCN(C)CC3)c(Cl)c2C)c1. The first kappa shape index (κ1) is 44.3. The maximum Gasteiger partial charge on any atom is 0.392 e. The van der Waals surface area contributed by atoms with Crippen molar-refractivity contribution in [2.45, 2.75) is 38.7 Å². The number of rotatable bonds is 18. The van der Waals surface area contributed by atoms with Gasteiger partial charge in [0, 0.05) is 62.7 Å². The van der Waals surface area contributed by atoms with Gasteiger partial charge in [0.25, 0.3) is 0 Å². The molecule has 4 heterocycles. The van der Waals surface area contributed by atoms with Gasteiger partial charge in [-0.2, -0.15) is 22.5 Å². The fourth-order valence-electron chi connectivity index (χ4n) is 6.91. The highest BCUT2D eigenvalue weighted by molar-refractivity contribution is 7.13. The van der Waals surface area contributed by atoms with Gasteiger partial charge in [0.15, 0.2) is 0 Å². The minimum Gasteiger partial charge on any atom is -0.497 e. The van der Waals surface area contributed by atoms with E-state index in [1.54, 1.807) is 37.6 Å². The van der Waals surface area contributed by atoms with Crippen molar-refractivity contribution in [2.75, 3.05) is 60.1 Å². The lowest BCUT2D eigenvalue weighted by Gasteiger charge is -2.32. The number of pyridine rings is 1. The lowest BCUT2D eigenvalue weighted by Crippen LogP contribution is -2.45. The summed E-state index contributed by atoms with van der Waals surface area (Å²) >= 11 is 8.19. The zero-order chi connectivity index (χ0) is 43.8. The van der Waals surface area contributed by atoms with Crippen LogP contribution in [0.4, 0.5) is 13.2 Å². The highest BCUT2D eigenvalue weighted by Crippen LogP contribution is 2.46. The first-order chi connectivity index (χ1) is 29.9. The predicted octanol–water partition coefficient (Wildman–Crippen LogP) is 8.40. The van der Waals surface area contributed by atoms with Crippen LogP contribution in [0.15, 0.2) is 79.1 Å². The lowest BCUT2D eigenvalue weighted by atomic mass is 9.93. The van der Waals surface area contributed by atoms with Crippen LogP contribution in [-0.4, -0.2) is 113 Å². The Kier molecular flexibility index (Phi) is 14.3. The molecule has 7 rings (SSSR count). The Morgan fingerprint density at radius 3 is 2.55 bits per heavy atom. The number of para-hydroxylation sites is 1. The maximum absolute atomic E-state index is 12.9. The number of aromatic nitrogens is 4. The molecule has 1 atom stereocenters. The molecular weight excluding hydrogens is 849 g/mol. The molecule has 0 amide bonds. The standard InChI is InChI=1S/C44H44ClF3N6O7S/c1-27-32(11-12-34(39(27)45)58-22-20-54-18-16-53(2)17-19-54)37-38-36(25-50-40(37)29-8-6-9-31(23-29)57-3)62-52-41(38)61-35(42(55)56)24-28-7-4-5-10-33(28)60-26-30-13-15-49-43(51-30)59-21-14-44(46,47)48/h4-13,15,23,25,35H,14,16-22,24,26H2,1-3H3,(H,55,56). The summed E-state index contributed by atoms with van der Waals surface area (Å²) in [5.41, 5.74) is 4.27. The number of hydrogen-bond donors (Lipinski definition) is 1. The Morgan fingerprint density at radius 2 is 1.77 bits per heavy atom. The molecule has 3 aromatic heterocycles. The summed E-state index contributed by atoms with van der Waals surface area (Å²) in [6.07, 6.45) is -4.03. The molecule has 0 spiro atoms. The number of piperazine rings is 1. The normalized spacial score (nSPS) is 14.1. The second kappa shape index (κ2) is 20.0. The summed E-state index contributed by atoms with van der Waals surface area (Å²) in [5, 5.41) is 11.5. The van der Waals surface area contributed by atoms with Crippen molar-refractivity contribution < 1.29 is 46.8 Å². The zero-order valence-corrected chi connectivity index (χ0v) is 35.7. The first-order valence-electron chi connectivity index (χ1n) is 19.7. The highest BCUT2D eigenvalue weighted by atomic mass is 35.5. The Morgan fingerprint density at radius 1 is 0.968 bits per heavy atom. The number of fused-ring (bicyclic) bond motifs is 1. The average molecular weight is 893 g/mol. The molecule has 0 bridgehead atoms. The van der Waals surface area contributed by atoms with E-state index in [4.69, 9.17) is 40.3 Å². The van der Waals surface area contributed by atoms with E-state index in [1.165, 1.54) is 12.3 Å². The number of nitrogens with zero attached hydrogens (tertiary/aromatic N) is 6. The van der Waals surface area contributed by atoms with Crippen LogP contribution in [0, 0.1) is 6.92 Å². The Bertz CT molecular complexity index is 2500. The minimum atomic E-state index is -4.38. The lowest BCUT2D eigenvalue weighted by molar-refractivity contribution is -0.145. The number of benzene rings is 3. The Hall–Kier alpha value is -5.75. The Labute approximate surface area is 365 Å². The fourth-order valence-corrected chi connectivity index (χ4v) is 7.82. The molecule has 62 heavy (non-hydrogen) atoms. The molecule has 0 radical (unpaired) electrons. The third kappa shape index (κ3) is 11.0. The smallest absolute Gasteiger partial charge is 0.392 e. The molecule has 6 aromatic rings. The predicted molar refractivity (Wildman–Crippen MR) is 229 cm³/mol. The number of aliphatic carboxylic acids is 1. The molecule has 1 aliphatic rings. The molecule has 1 unspecified atom stereocenters. The molecule has 3 aromatic carbocycles. The third-order valence-electron chi connectivity index (χ3n) is 10.3. The van der Waals surface area contributed by atoms with E-state index in [0.717, 1.165) is 60.9 Å². The van der Waals surface area contributed by atoms with Crippen LogP contribution in [0.25, 0.3) is 32.5 Å². The number of carbonyl (C=O) groups is 1. The zero-order valence-electron chi connectivity index (χ0n) is 34.2. The molecule has 0 aliphatic carbocycles. The second-order valence-corrected chi connectivity index (χ2v) is 15.8. The van der Waals surface area contributed by atoms with Gasteiger partial charge in [0.2, 0.25) is 12.0 Å². The molecular formula is C44H44ClF3N6O7S. The van der Waals surface area contributed by atoms with Gasteiger partial charge in [-0.25, -0.2) is 9.78 Å². The monoisotopic (exact) mass is 892 g/mol. The summed E-state index contributed by atoms with van der Waals surface area (Å²) in [6.45, 7) is 6.37. The molecule has 18 heteroatoms. The Balaban J connectivity index is 1.17. The number of carboxylic acid groups (broad SMARTS) is 1. The number of halogens is 4. The second-order valence-electron chi connectivity index (χ2n) is 14.6. The summed E-state index contributed by atoms with van der Waals surface area (Å²) in [6, 6.07) is 19.4. The van der Waals surface area contributed by atoms with Crippen molar-refractivity contribution in [2.24, 2.45) is 0 Å². The minimum absolute atomic E-state index is 0.0967. The summed E-state index contributed by atoms with van der Waals surface area (Å²) in [7, 11) is 3.70.